The van der Waals surface area contributed by atoms with Gasteiger partial charge in [-0.25, -0.2) is 8.42 Å². The van der Waals surface area contributed by atoms with Gasteiger partial charge in [0.15, 0.2) is 21.3 Å². The molecule has 0 unspecified atom stereocenters. The molecule has 0 spiro atoms. The van der Waals surface area contributed by atoms with Crippen LogP contribution in [0.4, 0.5) is 0 Å². The van der Waals surface area contributed by atoms with Crippen LogP contribution in [0, 0.1) is 0 Å². The number of hydrogen-bond donors (Lipinski definition) is 0. The average Bonchev–Trinajstić information content (AvgIpc) is 3.25. The highest BCUT2D eigenvalue weighted by Crippen LogP contribution is 2.32. The number of ether oxygens (including phenoxy) is 2. The maximum absolute atomic E-state index is 12.4. The molecule has 0 N–H and O–H groups in total. The molecule has 1 atom stereocenters. The minimum atomic E-state index is -2.87. The van der Waals surface area contributed by atoms with Gasteiger partial charge < -0.3 is 14.4 Å². The first-order chi connectivity index (χ1) is 12.5. The Balaban J connectivity index is 1.31. The number of amides is 1. The summed E-state index contributed by atoms with van der Waals surface area (Å²) in [5, 5.41) is 0. The zero-order valence-electron chi connectivity index (χ0n) is 14.5. The molecular weight excluding hydrogens is 356 g/mol. The van der Waals surface area contributed by atoms with Crippen LogP contribution in [0.15, 0.2) is 24.3 Å². The molecule has 3 heterocycles. The van der Waals surface area contributed by atoms with Gasteiger partial charge in [0.25, 0.3) is 0 Å². The Morgan fingerprint density at radius 2 is 1.88 bits per heavy atom. The number of piperazine rings is 1. The molecule has 0 bridgehead atoms. The Morgan fingerprint density at radius 1 is 1.12 bits per heavy atom. The van der Waals surface area contributed by atoms with Gasteiger partial charge in [-0.15, -0.1) is 0 Å². The van der Waals surface area contributed by atoms with Crippen molar-refractivity contribution in [1.29, 1.82) is 0 Å². The van der Waals surface area contributed by atoms with Gasteiger partial charge in [0.2, 0.25) is 12.7 Å². The van der Waals surface area contributed by atoms with Crippen molar-refractivity contribution >= 4 is 21.8 Å². The molecule has 2 fully saturated rings. The first-order valence-corrected chi connectivity index (χ1v) is 10.6. The molecule has 0 aliphatic carbocycles. The van der Waals surface area contributed by atoms with E-state index in [2.05, 4.69) is 4.90 Å². The highest BCUT2D eigenvalue weighted by atomic mass is 32.2. The molecule has 8 heteroatoms. The highest BCUT2D eigenvalue weighted by Gasteiger charge is 2.34. The molecule has 4 rings (SSSR count). The number of sulfone groups is 1. The summed E-state index contributed by atoms with van der Waals surface area (Å²) in [5.74, 6) is 1.93. The second-order valence-electron chi connectivity index (χ2n) is 6.86. The number of benzene rings is 1. The Kier molecular flexibility index (Phi) is 4.62. The van der Waals surface area contributed by atoms with E-state index >= 15 is 0 Å². The topological polar surface area (TPSA) is 76.2 Å². The minimum Gasteiger partial charge on any atom is -0.454 e. The van der Waals surface area contributed by atoms with Crippen LogP contribution in [0.1, 0.15) is 12.0 Å². The van der Waals surface area contributed by atoms with Crippen molar-refractivity contribution < 1.29 is 22.7 Å². The zero-order chi connectivity index (χ0) is 18.1. The van der Waals surface area contributed by atoms with Crippen LogP contribution in [0.3, 0.4) is 0 Å². The molecule has 1 amide bonds. The summed E-state index contributed by atoms with van der Waals surface area (Å²) in [7, 11) is -2.87. The molecular formula is C18H22N2O5S. The van der Waals surface area contributed by atoms with E-state index in [1.807, 2.05) is 23.1 Å². The third kappa shape index (κ3) is 3.71. The Labute approximate surface area is 153 Å². The van der Waals surface area contributed by atoms with Gasteiger partial charge in [-0.2, -0.15) is 0 Å². The van der Waals surface area contributed by atoms with Crippen LogP contribution in [-0.4, -0.2) is 74.6 Å². The van der Waals surface area contributed by atoms with Gasteiger partial charge >= 0.3 is 0 Å². The van der Waals surface area contributed by atoms with E-state index in [0.29, 0.717) is 25.3 Å². The number of carbonyl (C=O) groups excluding carboxylic acids is 1. The van der Waals surface area contributed by atoms with E-state index < -0.39 is 9.84 Å². The summed E-state index contributed by atoms with van der Waals surface area (Å²) in [6.45, 7) is 2.93. The molecule has 1 aromatic carbocycles. The van der Waals surface area contributed by atoms with Gasteiger partial charge in [0, 0.05) is 38.3 Å². The largest absolute Gasteiger partial charge is 0.454 e. The van der Waals surface area contributed by atoms with Crippen LogP contribution in [-0.2, 0) is 14.6 Å². The summed E-state index contributed by atoms with van der Waals surface area (Å²) < 4.78 is 33.9. The first-order valence-electron chi connectivity index (χ1n) is 8.81. The molecule has 3 aliphatic rings. The predicted molar refractivity (Wildman–Crippen MR) is 96.8 cm³/mol. The van der Waals surface area contributed by atoms with Gasteiger partial charge in [0.05, 0.1) is 11.5 Å². The number of carbonyl (C=O) groups is 1. The van der Waals surface area contributed by atoms with Gasteiger partial charge in [0.1, 0.15) is 0 Å². The van der Waals surface area contributed by atoms with Crippen LogP contribution in [0.25, 0.3) is 6.08 Å². The number of fused-ring (bicyclic) bond motifs is 1. The molecule has 0 aromatic heterocycles. The fourth-order valence-corrected chi connectivity index (χ4v) is 5.42. The smallest absolute Gasteiger partial charge is 0.246 e. The monoisotopic (exact) mass is 378 g/mol. The van der Waals surface area contributed by atoms with Crippen molar-refractivity contribution in [2.24, 2.45) is 0 Å². The summed E-state index contributed by atoms with van der Waals surface area (Å²) in [6.07, 6.45) is 4.06. The number of nitrogens with zero attached hydrogens (tertiary/aromatic N) is 2. The highest BCUT2D eigenvalue weighted by molar-refractivity contribution is 7.91. The summed E-state index contributed by atoms with van der Waals surface area (Å²) in [5.41, 5.74) is 0.886. The quantitative estimate of drug-likeness (QED) is 0.723. The van der Waals surface area contributed by atoms with E-state index in [1.165, 1.54) is 0 Å². The molecule has 0 radical (unpaired) electrons. The number of rotatable bonds is 3. The SMILES string of the molecule is O=C(/C=C/c1ccc2c(c1)OCO2)N1CCN([C@H]2CCS(=O)(=O)C2)CC1. The summed E-state index contributed by atoms with van der Waals surface area (Å²) in [4.78, 5) is 16.4. The van der Waals surface area contributed by atoms with E-state index in [-0.39, 0.29) is 30.2 Å². The lowest BCUT2D eigenvalue weighted by atomic mass is 10.1. The number of hydrogen-bond acceptors (Lipinski definition) is 6. The van der Waals surface area contributed by atoms with Crippen LogP contribution in [0.5, 0.6) is 11.5 Å². The molecule has 1 aromatic rings. The fourth-order valence-electron chi connectivity index (χ4n) is 3.66. The average molecular weight is 378 g/mol. The molecule has 3 aliphatic heterocycles. The zero-order valence-corrected chi connectivity index (χ0v) is 15.3. The van der Waals surface area contributed by atoms with E-state index in [4.69, 9.17) is 9.47 Å². The van der Waals surface area contributed by atoms with Crippen LogP contribution in [0.2, 0.25) is 0 Å². The lowest BCUT2D eigenvalue weighted by molar-refractivity contribution is -0.127. The Hall–Kier alpha value is -2.06. The first kappa shape index (κ1) is 17.4. The summed E-state index contributed by atoms with van der Waals surface area (Å²) in [6, 6.07) is 5.68. The van der Waals surface area contributed by atoms with E-state index in [0.717, 1.165) is 24.4 Å². The third-order valence-corrected chi connectivity index (χ3v) is 6.92. The van der Waals surface area contributed by atoms with Crippen molar-refractivity contribution in [3.05, 3.63) is 29.8 Å². The second-order valence-corrected chi connectivity index (χ2v) is 9.09. The Bertz CT molecular complexity index is 828. The van der Waals surface area contributed by atoms with Gasteiger partial charge in [-0.05, 0) is 30.2 Å². The fraction of sp³-hybridized carbons (Fsp3) is 0.500. The van der Waals surface area contributed by atoms with Crippen molar-refractivity contribution in [1.82, 2.24) is 9.80 Å². The standard InChI is InChI=1S/C18H22N2O5S/c21-18(4-2-14-1-3-16-17(11-14)25-13-24-16)20-8-6-19(7-9-20)15-5-10-26(22,23)12-15/h1-4,11,15H,5-10,12-13H2/b4-2+/t15-/m0/s1. The van der Waals surface area contributed by atoms with Crippen molar-refractivity contribution in [3.8, 4) is 11.5 Å². The maximum atomic E-state index is 12.4. The molecule has 2 saturated heterocycles. The van der Waals surface area contributed by atoms with E-state index in [9.17, 15) is 13.2 Å². The summed E-state index contributed by atoms with van der Waals surface area (Å²) >= 11 is 0. The van der Waals surface area contributed by atoms with Gasteiger partial charge in [-0.1, -0.05) is 6.07 Å². The Morgan fingerprint density at radius 3 is 2.62 bits per heavy atom. The predicted octanol–water partition coefficient (Wildman–Crippen LogP) is 0.760. The third-order valence-electron chi connectivity index (χ3n) is 5.17. The lowest BCUT2D eigenvalue weighted by Gasteiger charge is -2.37. The van der Waals surface area contributed by atoms with Gasteiger partial charge in [-0.3, -0.25) is 9.69 Å². The van der Waals surface area contributed by atoms with E-state index in [1.54, 1.807) is 12.2 Å². The maximum Gasteiger partial charge on any atom is 0.246 e. The van der Waals surface area contributed by atoms with Crippen LogP contribution >= 0.6 is 0 Å². The van der Waals surface area contributed by atoms with Crippen molar-refractivity contribution in [2.75, 3.05) is 44.5 Å². The molecule has 140 valence electrons. The second kappa shape index (κ2) is 6.92. The molecule has 7 nitrogen and oxygen atoms in total. The van der Waals surface area contributed by atoms with Crippen molar-refractivity contribution in [3.63, 3.8) is 0 Å². The minimum absolute atomic E-state index is 0.0265. The molecule has 0 saturated carbocycles. The normalized spacial score (nSPS) is 25.1. The molecule has 26 heavy (non-hydrogen) atoms. The van der Waals surface area contributed by atoms with Crippen LogP contribution < -0.4 is 9.47 Å². The lowest BCUT2D eigenvalue weighted by Crippen LogP contribution is -2.52. The van der Waals surface area contributed by atoms with Crippen molar-refractivity contribution in [2.45, 2.75) is 12.5 Å².